The van der Waals surface area contributed by atoms with Gasteiger partial charge in [0.05, 0.1) is 0 Å². The molecule has 1 saturated heterocycles. The van der Waals surface area contributed by atoms with Gasteiger partial charge in [-0.1, -0.05) is 37.3 Å². The molecule has 0 spiro atoms. The molecular formula is C18H26N2O2S. The summed E-state index contributed by atoms with van der Waals surface area (Å²) in [6, 6.07) is 9.45. The highest BCUT2D eigenvalue weighted by Gasteiger charge is 2.27. The minimum atomic E-state index is -0.449. The van der Waals surface area contributed by atoms with Crippen molar-refractivity contribution in [3.63, 3.8) is 0 Å². The number of hydrogen-bond acceptors (Lipinski definition) is 3. The highest BCUT2D eigenvalue weighted by Crippen LogP contribution is 2.12. The van der Waals surface area contributed by atoms with Crippen LogP contribution in [0.2, 0.25) is 0 Å². The van der Waals surface area contributed by atoms with Crippen LogP contribution in [0, 0.1) is 0 Å². The van der Waals surface area contributed by atoms with E-state index in [0.717, 1.165) is 43.0 Å². The zero-order chi connectivity index (χ0) is 16.5. The lowest BCUT2D eigenvalue weighted by Crippen LogP contribution is -2.49. The molecule has 1 aliphatic rings. The molecule has 1 aliphatic heterocycles. The van der Waals surface area contributed by atoms with Gasteiger partial charge < -0.3 is 10.2 Å². The average Bonchev–Trinajstić information content (AvgIpc) is 3.09. The first-order valence-electron chi connectivity index (χ1n) is 8.40. The zero-order valence-electron chi connectivity index (χ0n) is 13.8. The van der Waals surface area contributed by atoms with E-state index < -0.39 is 6.04 Å². The molecule has 1 fully saturated rings. The van der Waals surface area contributed by atoms with E-state index in [4.69, 9.17) is 0 Å². The van der Waals surface area contributed by atoms with Gasteiger partial charge in [0.1, 0.15) is 6.04 Å². The molecule has 2 amide bonds. The Balaban J connectivity index is 1.98. The van der Waals surface area contributed by atoms with Crippen LogP contribution in [0.4, 0.5) is 0 Å². The Hall–Kier alpha value is -1.49. The molecule has 4 nitrogen and oxygen atoms in total. The number of amides is 2. The molecule has 0 aliphatic carbocycles. The largest absolute Gasteiger partial charge is 0.344 e. The third kappa shape index (κ3) is 5.90. The monoisotopic (exact) mass is 334 g/mol. The highest BCUT2D eigenvalue weighted by atomic mass is 32.2. The molecule has 1 aromatic rings. The van der Waals surface area contributed by atoms with Gasteiger partial charge in [-0.05, 0) is 24.2 Å². The van der Waals surface area contributed by atoms with Crippen LogP contribution >= 0.6 is 11.8 Å². The fourth-order valence-electron chi connectivity index (χ4n) is 2.78. The van der Waals surface area contributed by atoms with Gasteiger partial charge in [0.15, 0.2) is 0 Å². The summed E-state index contributed by atoms with van der Waals surface area (Å²) in [6.07, 6.45) is 3.15. The summed E-state index contributed by atoms with van der Waals surface area (Å²) in [6.45, 7) is 3.70. The second kappa shape index (κ2) is 9.60. The lowest BCUT2D eigenvalue weighted by atomic mass is 10.0. The van der Waals surface area contributed by atoms with E-state index in [1.54, 1.807) is 11.8 Å². The van der Waals surface area contributed by atoms with Gasteiger partial charge >= 0.3 is 0 Å². The number of nitrogens with one attached hydrogen (secondary N) is 1. The Morgan fingerprint density at radius 1 is 1.22 bits per heavy atom. The summed E-state index contributed by atoms with van der Waals surface area (Å²) in [5.74, 6) is 1.84. The normalized spacial score (nSPS) is 15.4. The summed E-state index contributed by atoms with van der Waals surface area (Å²) >= 11 is 1.75. The van der Waals surface area contributed by atoms with Crippen molar-refractivity contribution in [2.24, 2.45) is 0 Å². The van der Waals surface area contributed by atoms with E-state index in [1.165, 1.54) is 0 Å². The molecule has 0 aromatic heterocycles. The summed E-state index contributed by atoms with van der Waals surface area (Å²) in [4.78, 5) is 26.7. The molecule has 1 aromatic carbocycles. The van der Waals surface area contributed by atoms with Crippen LogP contribution in [0.15, 0.2) is 30.3 Å². The lowest BCUT2D eigenvalue weighted by Gasteiger charge is -2.24. The molecule has 1 heterocycles. The van der Waals surface area contributed by atoms with E-state index in [0.29, 0.717) is 12.8 Å². The number of carbonyl (C=O) groups excluding carboxylic acids is 2. The third-order valence-electron chi connectivity index (χ3n) is 4.01. The molecule has 0 saturated carbocycles. The Labute approximate surface area is 143 Å². The molecule has 2 rings (SSSR count). The van der Waals surface area contributed by atoms with Crippen molar-refractivity contribution < 1.29 is 9.59 Å². The second-order valence-corrected chi connectivity index (χ2v) is 7.18. The number of hydrogen-bond donors (Lipinski definition) is 1. The minimum absolute atomic E-state index is 0.0283. The van der Waals surface area contributed by atoms with Crippen molar-refractivity contribution in [2.45, 2.75) is 38.6 Å². The average molecular weight is 334 g/mol. The predicted molar refractivity (Wildman–Crippen MR) is 95.5 cm³/mol. The van der Waals surface area contributed by atoms with Crippen molar-refractivity contribution in [1.82, 2.24) is 10.2 Å². The van der Waals surface area contributed by atoms with E-state index in [2.05, 4.69) is 12.2 Å². The standard InChI is InChI=1S/C18H26N2O2S/c1-2-23-13-10-17(21)19-16(14-15-8-4-3-5-9-15)18(22)20-11-6-7-12-20/h3-5,8-9,16H,2,6-7,10-14H2,1H3,(H,19,21). The molecule has 5 heteroatoms. The van der Waals surface area contributed by atoms with Gasteiger partial charge in [-0.3, -0.25) is 9.59 Å². The molecule has 126 valence electrons. The van der Waals surface area contributed by atoms with E-state index in [9.17, 15) is 9.59 Å². The number of nitrogens with zero attached hydrogens (tertiary/aromatic N) is 1. The first-order valence-corrected chi connectivity index (χ1v) is 9.56. The van der Waals surface area contributed by atoms with Gasteiger partial charge in [0.25, 0.3) is 0 Å². The Bertz CT molecular complexity index is 501. The van der Waals surface area contributed by atoms with Gasteiger partial charge in [-0.2, -0.15) is 11.8 Å². The number of likely N-dealkylation sites (tertiary alicyclic amines) is 1. The van der Waals surface area contributed by atoms with Crippen molar-refractivity contribution in [2.75, 3.05) is 24.6 Å². The van der Waals surface area contributed by atoms with Gasteiger partial charge in [0.2, 0.25) is 11.8 Å². The van der Waals surface area contributed by atoms with Crippen LogP contribution in [-0.4, -0.2) is 47.4 Å². The van der Waals surface area contributed by atoms with Crippen LogP contribution in [0.1, 0.15) is 31.7 Å². The fourth-order valence-corrected chi connectivity index (χ4v) is 3.40. The van der Waals surface area contributed by atoms with Crippen molar-refractivity contribution in [3.8, 4) is 0 Å². The summed E-state index contributed by atoms with van der Waals surface area (Å²) in [5.41, 5.74) is 1.08. The zero-order valence-corrected chi connectivity index (χ0v) is 14.6. The predicted octanol–water partition coefficient (Wildman–Crippen LogP) is 2.48. The van der Waals surface area contributed by atoms with Crippen LogP contribution in [0.25, 0.3) is 0 Å². The Morgan fingerprint density at radius 2 is 1.91 bits per heavy atom. The Kier molecular flexibility index (Phi) is 7.46. The van der Waals surface area contributed by atoms with Crippen molar-refractivity contribution in [1.29, 1.82) is 0 Å². The SMILES string of the molecule is CCSCCC(=O)NC(Cc1ccccc1)C(=O)N1CCCC1. The van der Waals surface area contributed by atoms with Crippen molar-refractivity contribution >= 4 is 23.6 Å². The number of benzene rings is 1. The van der Waals surface area contributed by atoms with Crippen LogP contribution in [-0.2, 0) is 16.0 Å². The molecule has 1 N–H and O–H groups in total. The smallest absolute Gasteiger partial charge is 0.245 e. The number of rotatable bonds is 8. The van der Waals surface area contributed by atoms with Crippen molar-refractivity contribution in [3.05, 3.63) is 35.9 Å². The van der Waals surface area contributed by atoms with Crippen LogP contribution in [0.3, 0.4) is 0 Å². The van der Waals surface area contributed by atoms with E-state index in [1.807, 2.05) is 35.2 Å². The minimum Gasteiger partial charge on any atom is -0.344 e. The molecule has 0 radical (unpaired) electrons. The molecule has 1 atom stereocenters. The summed E-state index contributed by atoms with van der Waals surface area (Å²) < 4.78 is 0. The lowest BCUT2D eigenvalue weighted by molar-refractivity contribution is -0.135. The van der Waals surface area contributed by atoms with E-state index >= 15 is 0 Å². The van der Waals surface area contributed by atoms with Crippen LogP contribution < -0.4 is 5.32 Å². The van der Waals surface area contributed by atoms with Crippen LogP contribution in [0.5, 0.6) is 0 Å². The first-order chi connectivity index (χ1) is 11.2. The van der Waals surface area contributed by atoms with E-state index in [-0.39, 0.29) is 11.8 Å². The number of thioether (sulfide) groups is 1. The maximum atomic E-state index is 12.7. The highest BCUT2D eigenvalue weighted by molar-refractivity contribution is 7.99. The molecule has 1 unspecified atom stereocenters. The number of carbonyl (C=O) groups is 2. The summed E-state index contributed by atoms with van der Waals surface area (Å²) in [5, 5.41) is 2.96. The maximum Gasteiger partial charge on any atom is 0.245 e. The first kappa shape index (κ1) is 17.9. The second-order valence-electron chi connectivity index (χ2n) is 5.79. The fraction of sp³-hybridized carbons (Fsp3) is 0.556. The summed E-state index contributed by atoms with van der Waals surface area (Å²) in [7, 11) is 0. The van der Waals surface area contributed by atoms with Gasteiger partial charge in [-0.15, -0.1) is 0 Å². The topological polar surface area (TPSA) is 49.4 Å². The maximum absolute atomic E-state index is 12.7. The molecular weight excluding hydrogens is 308 g/mol. The molecule has 0 bridgehead atoms. The third-order valence-corrected chi connectivity index (χ3v) is 4.91. The molecule has 23 heavy (non-hydrogen) atoms. The van der Waals surface area contributed by atoms with Gasteiger partial charge in [-0.25, -0.2) is 0 Å². The van der Waals surface area contributed by atoms with Gasteiger partial charge in [0, 0.05) is 31.7 Å². The Morgan fingerprint density at radius 3 is 2.57 bits per heavy atom. The quantitative estimate of drug-likeness (QED) is 0.743.